The summed E-state index contributed by atoms with van der Waals surface area (Å²) < 4.78 is 13.0. The van der Waals surface area contributed by atoms with Crippen LogP contribution in [0, 0.1) is 0 Å². The maximum absolute atomic E-state index is 12.3. The molecule has 1 amide bonds. The summed E-state index contributed by atoms with van der Waals surface area (Å²) in [5, 5.41) is 10.7. The van der Waals surface area contributed by atoms with Gasteiger partial charge in [0, 0.05) is 4.47 Å². The van der Waals surface area contributed by atoms with Gasteiger partial charge in [-0.1, -0.05) is 34.1 Å². The molecule has 0 bridgehead atoms. The lowest BCUT2D eigenvalue weighted by Gasteiger charge is -2.11. The van der Waals surface area contributed by atoms with E-state index < -0.39 is 24.6 Å². The summed E-state index contributed by atoms with van der Waals surface area (Å²) in [7, 11) is 0. The molecule has 0 aliphatic heterocycles. The van der Waals surface area contributed by atoms with Crippen molar-refractivity contribution in [3.63, 3.8) is 0 Å². The number of halogens is 2. The molecule has 0 spiro atoms. The molecule has 2 N–H and O–H groups in total. The molecule has 6 heteroatoms. The quantitative estimate of drug-likeness (QED) is 0.867. The van der Waals surface area contributed by atoms with Gasteiger partial charge in [-0.2, -0.15) is 0 Å². The van der Waals surface area contributed by atoms with Crippen molar-refractivity contribution in [1.82, 2.24) is 5.32 Å². The van der Waals surface area contributed by atoms with Crippen LogP contribution in [0.1, 0.15) is 5.56 Å². The van der Waals surface area contributed by atoms with Gasteiger partial charge in [-0.15, -0.1) is 0 Å². The van der Waals surface area contributed by atoms with Gasteiger partial charge in [0.2, 0.25) is 5.91 Å². The third kappa shape index (κ3) is 4.14. The van der Waals surface area contributed by atoms with Gasteiger partial charge in [0.25, 0.3) is 0 Å². The largest absolute Gasteiger partial charge is 0.480 e. The molecule has 0 saturated heterocycles. The Hall–Kier alpha value is -1.43. The van der Waals surface area contributed by atoms with Crippen molar-refractivity contribution < 1.29 is 19.1 Å². The average Bonchev–Trinajstić information content (AvgIpc) is 2.28. The number of alkyl halides is 1. The monoisotopic (exact) mass is 303 g/mol. The lowest BCUT2D eigenvalue weighted by atomic mass is 10.1. The predicted molar refractivity (Wildman–Crippen MR) is 63.4 cm³/mol. The summed E-state index contributed by atoms with van der Waals surface area (Å²) in [5.41, 5.74) is 0.716. The van der Waals surface area contributed by atoms with Crippen molar-refractivity contribution in [2.45, 2.75) is 12.5 Å². The van der Waals surface area contributed by atoms with E-state index in [1.807, 2.05) is 0 Å². The Balaban J connectivity index is 2.61. The van der Waals surface area contributed by atoms with E-state index in [4.69, 9.17) is 5.11 Å². The normalized spacial score (nSPS) is 11.9. The zero-order valence-corrected chi connectivity index (χ0v) is 10.4. The standard InChI is InChI=1S/C11H11BrFNO3/c12-8-4-2-1-3-7(8)5-10(15)14-9(6-13)11(16)17/h1-4,9H,5-6H2,(H,14,15)(H,16,17). The van der Waals surface area contributed by atoms with Gasteiger partial charge < -0.3 is 10.4 Å². The van der Waals surface area contributed by atoms with Crippen LogP contribution in [0.4, 0.5) is 4.39 Å². The second kappa shape index (κ2) is 6.34. The number of rotatable bonds is 5. The molecule has 4 nitrogen and oxygen atoms in total. The highest BCUT2D eigenvalue weighted by Crippen LogP contribution is 2.16. The Morgan fingerprint density at radius 1 is 1.41 bits per heavy atom. The minimum absolute atomic E-state index is 0.00516. The minimum Gasteiger partial charge on any atom is -0.480 e. The highest BCUT2D eigenvalue weighted by Gasteiger charge is 2.19. The summed E-state index contributed by atoms with van der Waals surface area (Å²) >= 11 is 3.27. The predicted octanol–water partition coefficient (Wildman–Crippen LogP) is 1.53. The van der Waals surface area contributed by atoms with Crippen LogP contribution in [0.3, 0.4) is 0 Å². The zero-order chi connectivity index (χ0) is 12.8. The number of carbonyl (C=O) groups excluding carboxylic acids is 1. The van der Waals surface area contributed by atoms with Crippen molar-refractivity contribution in [2.24, 2.45) is 0 Å². The number of aliphatic carboxylic acids is 1. The zero-order valence-electron chi connectivity index (χ0n) is 8.82. The maximum atomic E-state index is 12.3. The second-order valence-corrected chi connectivity index (χ2v) is 4.24. The fourth-order valence-electron chi connectivity index (χ4n) is 1.23. The van der Waals surface area contributed by atoms with E-state index in [1.165, 1.54) is 0 Å². The molecular weight excluding hydrogens is 293 g/mol. The first-order valence-corrected chi connectivity index (χ1v) is 5.65. The lowest BCUT2D eigenvalue weighted by Crippen LogP contribution is -2.43. The van der Waals surface area contributed by atoms with Crippen molar-refractivity contribution in [2.75, 3.05) is 6.67 Å². The molecule has 1 atom stereocenters. The summed E-state index contributed by atoms with van der Waals surface area (Å²) in [6, 6.07) is 5.58. The topological polar surface area (TPSA) is 66.4 Å². The number of nitrogens with one attached hydrogen (secondary N) is 1. The third-order valence-electron chi connectivity index (χ3n) is 2.10. The van der Waals surface area contributed by atoms with Crippen LogP contribution in [-0.2, 0) is 16.0 Å². The molecule has 0 saturated carbocycles. The fraction of sp³-hybridized carbons (Fsp3) is 0.273. The molecule has 0 radical (unpaired) electrons. The van der Waals surface area contributed by atoms with Crippen molar-refractivity contribution in [3.8, 4) is 0 Å². The van der Waals surface area contributed by atoms with Crippen molar-refractivity contribution in [1.29, 1.82) is 0 Å². The lowest BCUT2D eigenvalue weighted by molar-refractivity contribution is -0.142. The highest BCUT2D eigenvalue weighted by atomic mass is 79.9. The highest BCUT2D eigenvalue weighted by molar-refractivity contribution is 9.10. The first kappa shape index (κ1) is 13.6. The SMILES string of the molecule is O=C(Cc1ccccc1Br)NC(CF)C(=O)O. The van der Waals surface area contributed by atoms with Crippen LogP contribution >= 0.6 is 15.9 Å². The number of carboxylic acid groups (broad SMARTS) is 1. The first-order chi connectivity index (χ1) is 8.04. The van der Waals surface area contributed by atoms with Crippen LogP contribution in [0.5, 0.6) is 0 Å². The molecule has 0 aliphatic carbocycles. The number of carboxylic acids is 1. The van der Waals surface area contributed by atoms with E-state index in [-0.39, 0.29) is 6.42 Å². The van der Waals surface area contributed by atoms with Gasteiger partial charge in [0.15, 0.2) is 6.04 Å². The molecule has 17 heavy (non-hydrogen) atoms. The Kier molecular flexibility index (Phi) is 5.09. The molecule has 0 heterocycles. The van der Waals surface area contributed by atoms with E-state index in [2.05, 4.69) is 21.2 Å². The molecule has 0 aliphatic rings. The van der Waals surface area contributed by atoms with E-state index in [1.54, 1.807) is 24.3 Å². The number of hydrogen-bond acceptors (Lipinski definition) is 2. The first-order valence-electron chi connectivity index (χ1n) is 4.86. The second-order valence-electron chi connectivity index (χ2n) is 3.38. The van der Waals surface area contributed by atoms with Crippen LogP contribution in [-0.4, -0.2) is 29.7 Å². The number of benzene rings is 1. The molecule has 1 aromatic carbocycles. The molecular formula is C11H11BrFNO3. The van der Waals surface area contributed by atoms with Crippen LogP contribution in [0.25, 0.3) is 0 Å². The number of amides is 1. The van der Waals surface area contributed by atoms with E-state index in [0.29, 0.717) is 5.56 Å². The average molecular weight is 304 g/mol. The van der Waals surface area contributed by atoms with Gasteiger partial charge in [-0.25, -0.2) is 9.18 Å². The van der Waals surface area contributed by atoms with Crippen molar-refractivity contribution in [3.05, 3.63) is 34.3 Å². The summed E-state index contributed by atoms with van der Waals surface area (Å²) in [5.74, 6) is -1.91. The Labute approximate surface area is 106 Å². The summed E-state index contributed by atoms with van der Waals surface area (Å²) in [4.78, 5) is 22.0. The Morgan fingerprint density at radius 2 is 2.06 bits per heavy atom. The minimum atomic E-state index is -1.48. The summed E-state index contributed by atoms with van der Waals surface area (Å²) in [6.07, 6.45) is 0.00516. The molecule has 0 fully saturated rings. The van der Waals surface area contributed by atoms with Gasteiger partial charge in [-0.3, -0.25) is 4.79 Å². The Bertz CT molecular complexity index is 425. The third-order valence-corrected chi connectivity index (χ3v) is 2.87. The molecule has 1 unspecified atom stereocenters. The molecule has 92 valence electrons. The van der Waals surface area contributed by atoms with Gasteiger partial charge in [0.1, 0.15) is 6.67 Å². The van der Waals surface area contributed by atoms with Gasteiger partial charge >= 0.3 is 5.97 Å². The molecule has 1 rings (SSSR count). The van der Waals surface area contributed by atoms with E-state index in [0.717, 1.165) is 4.47 Å². The molecule has 1 aromatic rings. The van der Waals surface area contributed by atoms with E-state index >= 15 is 0 Å². The van der Waals surface area contributed by atoms with Crippen molar-refractivity contribution >= 4 is 27.8 Å². The smallest absolute Gasteiger partial charge is 0.328 e. The van der Waals surface area contributed by atoms with Gasteiger partial charge in [-0.05, 0) is 11.6 Å². The van der Waals surface area contributed by atoms with Gasteiger partial charge in [0.05, 0.1) is 6.42 Å². The van der Waals surface area contributed by atoms with Crippen LogP contribution in [0.15, 0.2) is 28.7 Å². The van der Waals surface area contributed by atoms with Crippen LogP contribution in [0.2, 0.25) is 0 Å². The van der Waals surface area contributed by atoms with E-state index in [9.17, 15) is 14.0 Å². The maximum Gasteiger partial charge on any atom is 0.328 e. The fourth-order valence-corrected chi connectivity index (χ4v) is 1.65. The number of carbonyl (C=O) groups is 2. The Morgan fingerprint density at radius 3 is 2.59 bits per heavy atom. The number of hydrogen-bond donors (Lipinski definition) is 2. The molecule has 0 aromatic heterocycles. The summed E-state index contributed by atoms with van der Waals surface area (Å²) in [6.45, 7) is -1.13. The van der Waals surface area contributed by atoms with Crippen LogP contribution < -0.4 is 5.32 Å².